The topological polar surface area (TPSA) is 83.5 Å². The van der Waals surface area contributed by atoms with Crippen LogP contribution in [0.4, 0.5) is 0 Å². The van der Waals surface area contributed by atoms with Crippen molar-refractivity contribution < 1.29 is 5.21 Å². The molecular formula is C13H18N4O. The van der Waals surface area contributed by atoms with Crippen molar-refractivity contribution in [1.82, 2.24) is 10.3 Å². The summed E-state index contributed by atoms with van der Waals surface area (Å²) in [4.78, 5) is 4.02. The fourth-order valence-electron chi connectivity index (χ4n) is 1.54. The van der Waals surface area contributed by atoms with E-state index in [1.807, 2.05) is 6.07 Å². The number of hydrogen-bond donors (Lipinski definition) is 3. The number of aromatic nitrogens is 1. The second-order valence-electron chi connectivity index (χ2n) is 3.93. The molecule has 0 aliphatic rings. The van der Waals surface area contributed by atoms with Crippen LogP contribution in [0.2, 0.25) is 0 Å². The number of amidine groups is 1. The summed E-state index contributed by atoms with van der Waals surface area (Å²) in [5.74, 6) is 2.65. The number of rotatable bonds is 6. The number of nitrogens with zero attached hydrogens (tertiary/aromatic N) is 2. The number of hydrogen-bond acceptors (Lipinski definition) is 4. The van der Waals surface area contributed by atoms with Crippen molar-refractivity contribution in [2.24, 2.45) is 10.9 Å². The standard InChI is InChI=1S/C13H18N4O/c1-3-5-11(4-2)16-9-10-6-7-15-12(8-10)13(14)17-18/h1,6-8,11,16,18H,4-5,9H2,2H3,(H2,14,17). The minimum absolute atomic E-state index is 0.00696. The van der Waals surface area contributed by atoms with Crippen molar-refractivity contribution in [2.45, 2.75) is 32.4 Å². The van der Waals surface area contributed by atoms with E-state index < -0.39 is 0 Å². The van der Waals surface area contributed by atoms with E-state index in [0.717, 1.165) is 12.0 Å². The van der Waals surface area contributed by atoms with E-state index in [1.54, 1.807) is 12.3 Å². The summed E-state index contributed by atoms with van der Waals surface area (Å²) in [5, 5.41) is 14.9. The molecule has 0 aliphatic carbocycles. The summed E-state index contributed by atoms with van der Waals surface area (Å²) in [6.07, 6.45) is 8.60. The maximum atomic E-state index is 8.59. The monoisotopic (exact) mass is 246 g/mol. The molecule has 1 unspecified atom stereocenters. The first-order chi connectivity index (χ1) is 8.71. The molecule has 18 heavy (non-hydrogen) atoms. The average Bonchev–Trinajstić information content (AvgIpc) is 2.42. The van der Waals surface area contributed by atoms with Crippen LogP contribution in [0.5, 0.6) is 0 Å². The van der Waals surface area contributed by atoms with Crippen LogP contribution in [0.1, 0.15) is 31.0 Å². The first-order valence-electron chi connectivity index (χ1n) is 5.81. The Kier molecular flexibility index (Phi) is 5.68. The van der Waals surface area contributed by atoms with Gasteiger partial charge in [-0.3, -0.25) is 4.98 Å². The predicted molar refractivity (Wildman–Crippen MR) is 71.1 cm³/mol. The van der Waals surface area contributed by atoms with Gasteiger partial charge in [0.15, 0.2) is 5.84 Å². The molecule has 0 amide bonds. The Bertz CT molecular complexity index is 451. The molecule has 0 fully saturated rings. The van der Waals surface area contributed by atoms with Gasteiger partial charge in [0.25, 0.3) is 0 Å². The summed E-state index contributed by atoms with van der Waals surface area (Å²) in [6, 6.07) is 3.96. The molecule has 1 heterocycles. The molecule has 96 valence electrons. The molecule has 0 aliphatic heterocycles. The van der Waals surface area contributed by atoms with Gasteiger partial charge in [0.2, 0.25) is 0 Å². The Hall–Kier alpha value is -2.06. The van der Waals surface area contributed by atoms with E-state index in [0.29, 0.717) is 24.7 Å². The molecule has 1 aromatic rings. The van der Waals surface area contributed by atoms with Crippen molar-refractivity contribution in [3.8, 4) is 12.3 Å². The van der Waals surface area contributed by atoms with Gasteiger partial charge in [0.1, 0.15) is 5.69 Å². The van der Waals surface area contributed by atoms with Crippen LogP contribution in [0.3, 0.4) is 0 Å². The van der Waals surface area contributed by atoms with Crippen molar-refractivity contribution >= 4 is 5.84 Å². The number of oxime groups is 1. The van der Waals surface area contributed by atoms with Gasteiger partial charge in [0.05, 0.1) is 0 Å². The van der Waals surface area contributed by atoms with Crippen molar-refractivity contribution in [1.29, 1.82) is 0 Å². The molecule has 1 atom stereocenters. The quantitative estimate of drug-likeness (QED) is 0.230. The Morgan fingerprint density at radius 1 is 1.72 bits per heavy atom. The Morgan fingerprint density at radius 3 is 3.11 bits per heavy atom. The third kappa shape index (κ3) is 4.07. The van der Waals surface area contributed by atoms with Crippen molar-refractivity contribution in [3.63, 3.8) is 0 Å². The summed E-state index contributed by atoms with van der Waals surface area (Å²) in [5.41, 5.74) is 6.96. The van der Waals surface area contributed by atoms with E-state index in [4.69, 9.17) is 17.4 Å². The van der Waals surface area contributed by atoms with E-state index in [1.165, 1.54) is 0 Å². The maximum Gasteiger partial charge on any atom is 0.188 e. The number of terminal acetylenes is 1. The van der Waals surface area contributed by atoms with Crippen molar-refractivity contribution in [2.75, 3.05) is 0 Å². The number of nitrogens with one attached hydrogen (secondary N) is 1. The normalized spacial score (nSPS) is 13.0. The summed E-state index contributed by atoms with van der Waals surface area (Å²) in [6.45, 7) is 2.76. The van der Waals surface area contributed by atoms with Gasteiger partial charge in [-0.2, -0.15) is 0 Å². The lowest BCUT2D eigenvalue weighted by atomic mass is 10.1. The SMILES string of the molecule is C#CCC(CC)NCc1ccnc(/C(N)=N/O)c1. The molecule has 0 bridgehead atoms. The Balaban J connectivity index is 2.65. The molecule has 5 heteroatoms. The highest BCUT2D eigenvalue weighted by atomic mass is 16.4. The van der Waals surface area contributed by atoms with Crippen LogP contribution in [-0.2, 0) is 6.54 Å². The molecular weight excluding hydrogens is 228 g/mol. The molecule has 1 aromatic heterocycles. The van der Waals surface area contributed by atoms with Crippen LogP contribution < -0.4 is 11.1 Å². The van der Waals surface area contributed by atoms with Crippen LogP contribution >= 0.6 is 0 Å². The smallest absolute Gasteiger partial charge is 0.188 e. The lowest BCUT2D eigenvalue weighted by Gasteiger charge is -2.14. The lowest BCUT2D eigenvalue weighted by molar-refractivity contribution is 0.318. The molecule has 0 aromatic carbocycles. The Labute approximate surface area is 107 Å². The first-order valence-corrected chi connectivity index (χ1v) is 5.81. The van der Waals surface area contributed by atoms with E-state index in [-0.39, 0.29) is 5.84 Å². The predicted octanol–water partition coefficient (Wildman–Crippen LogP) is 1.07. The summed E-state index contributed by atoms with van der Waals surface area (Å²) in [7, 11) is 0. The molecule has 0 radical (unpaired) electrons. The highest BCUT2D eigenvalue weighted by Gasteiger charge is 2.05. The van der Waals surface area contributed by atoms with Crippen LogP contribution in [0.25, 0.3) is 0 Å². The van der Waals surface area contributed by atoms with E-state index >= 15 is 0 Å². The highest BCUT2D eigenvalue weighted by molar-refractivity contribution is 5.95. The van der Waals surface area contributed by atoms with Crippen LogP contribution in [-0.4, -0.2) is 22.1 Å². The molecule has 0 spiro atoms. The zero-order valence-electron chi connectivity index (χ0n) is 10.4. The average molecular weight is 246 g/mol. The van der Waals surface area contributed by atoms with Gasteiger partial charge in [-0.05, 0) is 24.1 Å². The van der Waals surface area contributed by atoms with Crippen LogP contribution in [0.15, 0.2) is 23.5 Å². The lowest BCUT2D eigenvalue weighted by Crippen LogP contribution is -2.27. The van der Waals surface area contributed by atoms with Crippen LogP contribution in [0, 0.1) is 12.3 Å². The molecule has 1 rings (SSSR count). The van der Waals surface area contributed by atoms with E-state index in [9.17, 15) is 0 Å². The Morgan fingerprint density at radius 2 is 2.50 bits per heavy atom. The van der Waals surface area contributed by atoms with Gasteiger partial charge in [-0.25, -0.2) is 0 Å². The third-order valence-electron chi connectivity index (χ3n) is 2.65. The molecule has 0 saturated heterocycles. The minimum Gasteiger partial charge on any atom is -0.409 e. The van der Waals surface area contributed by atoms with E-state index in [2.05, 4.69) is 28.3 Å². The van der Waals surface area contributed by atoms with Gasteiger partial charge in [-0.1, -0.05) is 12.1 Å². The van der Waals surface area contributed by atoms with Gasteiger partial charge < -0.3 is 16.3 Å². The molecule has 0 saturated carbocycles. The van der Waals surface area contributed by atoms with Gasteiger partial charge in [0, 0.05) is 25.2 Å². The minimum atomic E-state index is 0.00696. The van der Waals surface area contributed by atoms with Gasteiger partial charge >= 0.3 is 0 Å². The first kappa shape index (κ1) is 14.0. The van der Waals surface area contributed by atoms with Crippen molar-refractivity contribution in [3.05, 3.63) is 29.6 Å². The second kappa shape index (κ2) is 7.30. The maximum absolute atomic E-state index is 8.59. The second-order valence-corrected chi connectivity index (χ2v) is 3.93. The number of pyridine rings is 1. The third-order valence-corrected chi connectivity index (χ3v) is 2.65. The summed E-state index contributed by atoms with van der Waals surface area (Å²) >= 11 is 0. The largest absolute Gasteiger partial charge is 0.409 e. The van der Waals surface area contributed by atoms with Gasteiger partial charge in [-0.15, -0.1) is 12.3 Å². The fraction of sp³-hybridized carbons (Fsp3) is 0.385. The molecule has 5 nitrogen and oxygen atoms in total. The fourth-order valence-corrected chi connectivity index (χ4v) is 1.54. The summed E-state index contributed by atoms with van der Waals surface area (Å²) < 4.78 is 0. The molecule has 4 N–H and O–H groups in total. The number of nitrogens with two attached hydrogens (primary N) is 1. The zero-order chi connectivity index (χ0) is 13.4. The highest BCUT2D eigenvalue weighted by Crippen LogP contribution is 2.04. The zero-order valence-corrected chi connectivity index (χ0v) is 10.4.